The molecule has 0 radical (unpaired) electrons. The summed E-state index contributed by atoms with van der Waals surface area (Å²) in [6, 6.07) is 8.48. The highest BCUT2D eigenvalue weighted by Gasteiger charge is 2.30. The lowest BCUT2D eigenvalue weighted by Gasteiger charge is -2.24. The van der Waals surface area contributed by atoms with E-state index in [1.807, 2.05) is 6.92 Å². The van der Waals surface area contributed by atoms with Crippen molar-refractivity contribution in [3.8, 4) is 5.82 Å². The molecule has 2 aromatic heterocycles. The second kappa shape index (κ2) is 10.2. The van der Waals surface area contributed by atoms with Crippen LogP contribution in [0.1, 0.15) is 51.9 Å². The van der Waals surface area contributed by atoms with Crippen molar-refractivity contribution >= 4 is 40.7 Å². The molecule has 1 saturated carbocycles. The Morgan fingerprint density at radius 1 is 1.19 bits per heavy atom. The van der Waals surface area contributed by atoms with Crippen LogP contribution in [0.2, 0.25) is 10.0 Å². The topological polar surface area (TPSA) is 98.1 Å². The maximum Gasteiger partial charge on any atom is 0.274 e. The number of halogens is 2. The second-order valence-electron chi connectivity index (χ2n) is 9.55. The van der Waals surface area contributed by atoms with Crippen LogP contribution in [0.25, 0.3) is 5.82 Å². The van der Waals surface area contributed by atoms with Crippen LogP contribution in [0.5, 0.6) is 0 Å². The van der Waals surface area contributed by atoms with E-state index in [0.29, 0.717) is 64.1 Å². The number of amides is 2. The average molecular weight is 528 g/mol. The highest BCUT2D eigenvalue weighted by atomic mass is 35.5. The highest BCUT2D eigenvalue weighted by Crippen LogP contribution is 2.33. The van der Waals surface area contributed by atoms with Gasteiger partial charge in [-0.25, -0.2) is 9.67 Å². The maximum atomic E-state index is 13.6. The molecule has 5 rings (SSSR count). The van der Waals surface area contributed by atoms with Crippen molar-refractivity contribution in [1.82, 2.24) is 20.1 Å². The first-order chi connectivity index (χ1) is 17.3. The van der Waals surface area contributed by atoms with Gasteiger partial charge in [0.05, 0.1) is 35.2 Å². The van der Waals surface area contributed by atoms with Crippen LogP contribution < -0.4 is 10.6 Å². The van der Waals surface area contributed by atoms with E-state index in [9.17, 15) is 9.59 Å². The molecule has 1 aromatic carbocycles. The normalized spacial score (nSPS) is 16.3. The summed E-state index contributed by atoms with van der Waals surface area (Å²) in [7, 11) is 0. The molecular formula is C26H27Cl2N5O3. The summed E-state index contributed by atoms with van der Waals surface area (Å²) >= 11 is 12.7. The summed E-state index contributed by atoms with van der Waals surface area (Å²) in [5.74, 6) is 0.483. The summed E-state index contributed by atoms with van der Waals surface area (Å²) in [5, 5.41) is 11.4. The Morgan fingerprint density at radius 2 is 1.97 bits per heavy atom. The van der Waals surface area contributed by atoms with Gasteiger partial charge in [0.1, 0.15) is 5.69 Å². The van der Waals surface area contributed by atoms with Crippen LogP contribution >= 0.6 is 23.2 Å². The van der Waals surface area contributed by atoms with Crippen molar-refractivity contribution in [2.75, 3.05) is 18.5 Å². The zero-order chi connectivity index (χ0) is 25.4. The number of benzene rings is 1. The zero-order valence-corrected chi connectivity index (χ0v) is 21.6. The lowest BCUT2D eigenvalue weighted by atomic mass is 10.0. The first kappa shape index (κ1) is 24.7. The zero-order valence-electron chi connectivity index (χ0n) is 20.1. The van der Waals surface area contributed by atoms with Crippen molar-refractivity contribution in [2.24, 2.45) is 11.8 Å². The van der Waals surface area contributed by atoms with Crippen molar-refractivity contribution in [3.05, 3.63) is 69.1 Å². The number of nitrogens with one attached hydrogen (secondary N) is 2. The number of carbonyl (C=O) groups excluding carboxylic acids is 2. The Labute approximate surface area is 219 Å². The molecule has 0 bridgehead atoms. The number of hydrogen-bond acceptors (Lipinski definition) is 5. The number of ether oxygens (including phenoxy) is 1. The minimum atomic E-state index is -0.435. The van der Waals surface area contributed by atoms with Gasteiger partial charge in [-0.1, -0.05) is 23.2 Å². The van der Waals surface area contributed by atoms with E-state index < -0.39 is 5.91 Å². The Bertz CT molecular complexity index is 1320. The van der Waals surface area contributed by atoms with Gasteiger partial charge in [0.2, 0.25) is 0 Å². The average Bonchev–Trinajstić information content (AvgIpc) is 3.58. The quantitative estimate of drug-likeness (QED) is 0.436. The fourth-order valence-corrected chi connectivity index (χ4v) is 4.82. The first-order valence-corrected chi connectivity index (χ1v) is 12.8. The Balaban J connectivity index is 1.48. The van der Waals surface area contributed by atoms with Crippen molar-refractivity contribution in [1.29, 1.82) is 0 Å². The molecule has 3 heterocycles. The standard InChI is InChI=1S/C26H27Cl2N5O3/c1-14-8-18(27)10-20(25(34)30-15(2)17-5-6-17)23(14)31-26(35)22-11-19(9-16-12-36-13-16)32-33(22)24-21(28)4-3-7-29-24/h3-4,7-8,10-11,15-17H,5-6,9,12-13H2,1-2H3,(H,30,34)(H,31,35). The van der Waals surface area contributed by atoms with Gasteiger partial charge in [0, 0.05) is 23.2 Å². The molecule has 1 saturated heterocycles. The third kappa shape index (κ3) is 5.26. The molecule has 188 valence electrons. The van der Waals surface area contributed by atoms with E-state index in [4.69, 9.17) is 27.9 Å². The molecule has 10 heteroatoms. The van der Waals surface area contributed by atoms with Gasteiger partial charge in [-0.15, -0.1) is 0 Å². The molecule has 2 fully saturated rings. The number of hydrogen-bond donors (Lipinski definition) is 2. The van der Waals surface area contributed by atoms with Crippen LogP contribution in [0, 0.1) is 18.8 Å². The van der Waals surface area contributed by atoms with Crippen LogP contribution in [-0.2, 0) is 11.2 Å². The van der Waals surface area contributed by atoms with Crippen molar-refractivity contribution < 1.29 is 14.3 Å². The fraction of sp³-hybridized carbons (Fsp3) is 0.385. The van der Waals surface area contributed by atoms with Crippen LogP contribution in [0.4, 0.5) is 5.69 Å². The summed E-state index contributed by atoms with van der Waals surface area (Å²) < 4.78 is 6.73. The van der Waals surface area contributed by atoms with E-state index in [1.165, 1.54) is 4.68 Å². The predicted molar refractivity (Wildman–Crippen MR) is 138 cm³/mol. The van der Waals surface area contributed by atoms with E-state index in [-0.39, 0.29) is 17.6 Å². The van der Waals surface area contributed by atoms with Crippen molar-refractivity contribution in [3.63, 3.8) is 0 Å². The summed E-state index contributed by atoms with van der Waals surface area (Å²) in [6.07, 6.45) is 4.48. The van der Waals surface area contributed by atoms with Crippen LogP contribution in [-0.4, -0.2) is 45.8 Å². The van der Waals surface area contributed by atoms with E-state index in [0.717, 1.165) is 18.5 Å². The van der Waals surface area contributed by atoms with Gasteiger partial charge >= 0.3 is 0 Å². The number of aryl methyl sites for hydroxylation is 1. The minimum absolute atomic E-state index is 0.0473. The molecule has 1 aliphatic heterocycles. The summed E-state index contributed by atoms with van der Waals surface area (Å²) in [5.41, 5.74) is 2.39. The third-order valence-corrected chi connectivity index (χ3v) is 7.12. The summed E-state index contributed by atoms with van der Waals surface area (Å²) in [4.78, 5) is 31.1. The number of pyridine rings is 1. The number of carbonyl (C=O) groups is 2. The van der Waals surface area contributed by atoms with Gasteiger partial charge in [-0.05, 0) is 74.9 Å². The second-order valence-corrected chi connectivity index (χ2v) is 10.4. The van der Waals surface area contributed by atoms with Gasteiger partial charge in [-0.2, -0.15) is 5.10 Å². The Hall–Kier alpha value is -2.94. The fourth-order valence-electron chi connectivity index (χ4n) is 4.35. The molecule has 1 atom stereocenters. The molecule has 3 aromatic rings. The number of rotatable bonds is 8. The highest BCUT2D eigenvalue weighted by molar-refractivity contribution is 6.32. The molecule has 36 heavy (non-hydrogen) atoms. The lowest BCUT2D eigenvalue weighted by molar-refractivity contribution is -0.0316. The third-order valence-electron chi connectivity index (χ3n) is 6.61. The Morgan fingerprint density at radius 3 is 2.64 bits per heavy atom. The largest absolute Gasteiger partial charge is 0.381 e. The van der Waals surface area contributed by atoms with E-state index in [2.05, 4.69) is 20.7 Å². The minimum Gasteiger partial charge on any atom is -0.381 e. The van der Waals surface area contributed by atoms with Crippen LogP contribution in [0.3, 0.4) is 0 Å². The number of nitrogens with zero attached hydrogens (tertiary/aromatic N) is 3. The smallest absolute Gasteiger partial charge is 0.274 e. The number of anilines is 1. The maximum absolute atomic E-state index is 13.6. The molecule has 0 spiro atoms. The Kier molecular flexibility index (Phi) is 7.01. The van der Waals surface area contributed by atoms with E-state index in [1.54, 1.807) is 43.5 Å². The van der Waals surface area contributed by atoms with Gasteiger partial charge in [0.15, 0.2) is 5.82 Å². The first-order valence-electron chi connectivity index (χ1n) is 12.0. The predicted octanol–water partition coefficient (Wildman–Crippen LogP) is 4.85. The van der Waals surface area contributed by atoms with Gasteiger partial charge in [0.25, 0.3) is 11.8 Å². The monoisotopic (exact) mass is 527 g/mol. The molecule has 2 amide bonds. The van der Waals surface area contributed by atoms with E-state index >= 15 is 0 Å². The van der Waals surface area contributed by atoms with Gasteiger partial charge < -0.3 is 15.4 Å². The molecule has 8 nitrogen and oxygen atoms in total. The van der Waals surface area contributed by atoms with Crippen molar-refractivity contribution in [2.45, 2.75) is 39.2 Å². The molecule has 2 aliphatic rings. The molecular weight excluding hydrogens is 501 g/mol. The molecule has 2 N–H and O–H groups in total. The lowest BCUT2D eigenvalue weighted by Crippen LogP contribution is -2.34. The molecule has 1 unspecified atom stereocenters. The number of aromatic nitrogens is 3. The van der Waals surface area contributed by atoms with Crippen LogP contribution in [0.15, 0.2) is 36.5 Å². The molecule has 1 aliphatic carbocycles. The van der Waals surface area contributed by atoms with Gasteiger partial charge in [-0.3, -0.25) is 9.59 Å². The summed E-state index contributed by atoms with van der Waals surface area (Å²) in [6.45, 7) is 5.13. The SMILES string of the molecule is Cc1cc(Cl)cc(C(=O)NC(C)C2CC2)c1NC(=O)c1cc(CC2COC2)nn1-c1ncccc1Cl.